The van der Waals surface area contributed by atoms with Gasteiger partial charge in [0.15, 0.2) is 5.16 Å². The van der Waals surface area contributed by atoms with E-state index in [-0.39, 0.29) is 23.3 Å². The Labute approximate surface area is 261 Å². The lowest BCUT2D eigenvalue weighted by Gasteiger charge is -2.22. The number of benzene rings is 3. The number of thioether (sulfide) groups is 2. The van der Waals surface area contributed by atoms with Crippen LogP contribution in [0.1, 0.15) is 41.8 Å². The maximum Gasteiger partial charge on any atom is 0.272 e. The molecule has 1 unspecified atom stereocenters. The number of ether oxygens (including phenoxy) is 1. The number of hydrogen-bond donors (Lipinski definition) is 0. The first-order valence-corrected chi connectivity index (χ1v) is 16.5. The van der Waals surface area contributed by atoms with Crippen LogP contribution >= 0.6 is 39.5 Å². The summed E-state index contributed by atoms with van der Waals surface area (Å²) < 4.78 is 8.19. The molecule has 3 heterocycles. The number of fused-ring (bicyclic) bond motifs is 1. The summed E-state index contributed by atoms with van der Waals surface area (Å²) in [6.07, 6.45) is 1.36. The number of halogens is 1. The van der Waals surface area contributed by atoms with Gasteiger partial charge >= 0.3 is 0 Å². The normalized spacial score (nSPS) is 15.9. The molecule has 2 aliphatic rings. The van der Waals surface area contributed by atoms with Gasteiger partial charge in [-0.1, -0.05) is 69.7 Å². The van der Waals surface area contributed by atoms with Crippen LogP contribution < -0.4 is 10.3 Å². The molecule has 0 spiro atoms. The number of hydrogen-bond acceptors (Lipinski definition) is 7. The van der Waals surface area contributed by atoms with E-state index >= 15 is 0 Å². The topological polar surface area (TPSA) is 76.8 Å². The molecule has 0 fully saturated rings. The number of carbonyl (C=O) groups excluding carboxylic acids is 1. The molecule has 7 nitrogen and oxygen atoms in total. The highest BCUT2D eigenvalue weighted by Crippen LogP contribution is 2.35. The Bertz CT molecular complexity index is 1700. The maximum absolute atomic E-state index is 13.8. The van der Waals surface area contributed by atoms with Gasteiger partial charge in [-0.05, 0) is 61.4 Å². The number of amides is 1. The molecule has 0 bridgehead atoms. The zero-order valence-electron chi connectivity index (χ0n) is 23.2. The first kappa shape index (κ1) is 28.8. The number of aryl methyl sites for hydroxylation is 2. The van der Waals surface area contributed by atoms with Gasteiger partial charge in [0.05, 0.1) is 40.4 Å². The fourth-order valence-electron chi connectivity index (χ4n) is 5.07. The molecule has 0 radical (unpaired) electrons. The zero-order valence-corrected chi connectivity index (χ0v) is 26.5. The summed E-state index contributed by atoms with van der Waals surface area (Å²) in [6, 6.07) is 23.4. The van der Waals surface area contributed by atoms with Crippen LogP contribution in [-0.4, -0.2) is 44.3 Å². The van der Waals surface area contributed by atoms with Crippen LogP contribution in [0, 0.1) is 6.92 Å². The van der Waals surface area contributed by atoms with Gasteiger partial charge in [0, 0.05) is 23.1 Å². The smallest absolute Gasteiger partial charge is 0.272 e. The molecule has 0 aliphatic carbocycles. The van der Waals surface area contributed by atoms with E-state index in [2.05, 4.69) is 40.2 Å². The Kier molecular flexibility index (Phi) is 8.55. The van der Waals surface area contributed by atoms with Gasteiger partial charge in [-0.15, -0.1) is 11.8 Å². The quantitative estimate of drug-likeness (QED) is 0.152. The van der Waals surface area contributed by atoms with E-state index in [1.165, 1.54) is 11.8 Å². The Hall–Kier alpha value is -3.34. The van der Waals surface area contributed by atoms with Crippen molar-refractivity contribution in [3.8, 4) is 11.4 Å². The van der Waals surface area contributed by atoms with E-state index in [1.807, 2.05) is 62.4 Å². The molecule has 1 amide bonds. The fraction of sp³-hybridized carbons (Fsp3) is 0.250. The van der Waals surface area contributed by atoms with Gasteiger partial charge < -0.3 is 4.74 Å². The Balaban J connectivity index is 1.31. The first-order chi connectivity index (χ1) is 20.4. The van der Waals surface area contributed by atoms with E-state index in [0.717, 1.165) is 50.5 Å². The molecule has 3 aromatic carbocycles. The first-order valence-electron chi connectivity index (χ1n) is 13.8. The predicted octanol–water partition coefficient (Wildman–Crippen LogP) is 6.82. The Morgan fingerprint density at radius 2 is 1.81 bits per heavy atom. The molecule has 0 saturated heterocycles. The minimum Gasteiger partial charge on any atom is -0.494 e. The summed E-state index contributed by atoms with van der Waals surface area (Å²) in [5.41, 5.74) is 5.44. The van der Waals surface area contributed by atoms with Crippen LogP contribution in [0.25, 0.3) is 5.69 Å². The van der Waals surface area contributed by atoms with Crippen LogP contribution in [0.3, 0.4) is 0 Å². The maximum atomic E-state index is 13.8. The summed E-state index contributed by atoms with van der Waals surface area (Å²) in [5.74, 6) is 1.51. The highest BCUT2D eigenvalue weighted by Gasteiger charge is 2.33. The van der Waals surface area contributed by atoms with Crippen molar-refractivity contribution < 1.29 is 9.53 Å². The van der Waals surface area contributed by atoms with Crippen LogP contribution in [-0.2, 0) is 11.2 Å². The molecule has 0 N–H and O–H groups in total. The second kappa shape index (κ2) is 12.5. The summed E-state index contributed by atoms with van der Waals surface area (Å²) in [6.45, 7) is 4.54. The monoisotopic (exact) mass is 660 g/mol. The molecule has 1 atom stereocenters. The highest BCUT2D eigenvalue weighted by atomic mass is 79.9. The largest absolute Gasteiger partial charge is 0.494 e. The van der Waals surface area contributed by atoms with Crippen molar-refractivity contribution in [2.75, 3.05) is 18.1 Å². The van der Waals surface area contributed by atoms with E-state index in [1.54, 1.807) is 21.3 Å². The average Bonchev–Trinajstić information content (AvgIpc) is 3.66. The van der Waals surface area contributed by atoms with Gasteiger partial charge in [0.1, 0.15) is 5.75 Å². The van der Waals surface area contributed by atoms with Crippen LogP contribution in [0.15, 0.2) is 97.2 Å². The number of hydrazone groups is 1. The molecule has 1 aromatic heterocycles. The number of rotatable bonds is 8. The van der Waals surface area contributed by atoms with Crippen LogP contribution in [0.5, 0.6) is 5.75 Å². The fourth-order valence-corrected chi connectivity index (χ4v) is 7.24. The highest BCUT2D eigenvalue weighted by molar-refractivity contribution is 9.10. The Morgan fingerprint density at radius 3 is 2.52 bits per heavy atom. The minimum atomic E-state index is -0.213. The van der Waals surface area contributed by atoms with Gasteiger partial charge in [-0.3, -0.25) is 14.2 Å². The lowest BCUT2D eigenvalue weighted by molar-refractivity contribution is -0.130. The molecular weight excluding hydrogens is 632 g/mol. The van der Waals surface area contributed by atoms with E-state index in [9.17, 15) is 9.59 Å². The molecule has 214 valence electrons. The summed E-state index contributed by atoms with van der Waals surface area (Å²) >= 11 is 6.31. The van der Waals surface area contributed by atoms with Crippen molar-refractivity contribution in [1.29, 1.82) is 0 Å². The average molecular weight is 662 g/mol. The second-order valence-corrected chi connectivity index (χ2v) is 13.0. The molecule has 4 aromatic rings. The standard InChI is InChI=1S/C32H29BrN4O3S2/c1-3-40-25-14-12-24(13-15-25)36-31(39)30-26(16-17-41-30)34-32(36)42-19-29(38)37-28(22-6-4-20(2)5-7-22)18-27(35-37)21-8-10-23(33)11-9-21/h4-15,28H,3,16-19H2,1-2H3. The van der Waals surface area contributed by atoms with Crippen LogP contribution in [0.4, 0.5) is 0 Å². The Morgan fingerprint density at radius 1 is 1.07 bits per heavy atom. The minimum absolute atomic E-state index is 0.0921. The van der Waals surface area contributed by atoms with Crippen molar-refractivity contribution >= 4 is 51.1 Å². The van der Waals surface area contributed by atoms with Crippen molar-refractivity contribution in [1.82, 2.24) is 14.6 Å². The van der Waals surface area contributed by atoms with Crippen molar-refractivity contribution in [2.24, 2.45) is 5.10 Å². The molecule has 2 aliphatic heterocycles. The van der Waals surface area contributed by atoms with E-state index < -0.39 is 0 Å². The molecule has 0 saturated carbocycles. The predicted molar refractivity (Wildman–Crippen MR) is 172 cm³/mol. The molecule has 10 heteroatoms. The number of aromatic nitrogens is 2. The van der Waals surface area contributed by atoms with E-state index in [0.29, 0.717) is 28.8 Å². The number of carbonyl (C=O) groups is 1. The zero-order chi connectivity index (χ0) is 29.2. The third kappa shape index (κ3) is 5.93. The summed E-state index contributed by atoms with van der Waals surface area (Å²) in [5, 5.41) is 6.94. The van der Waals surface area contributed by atoms with Gasteiger partial charge in [-0.2, -0.15) is 5.10 Å². The molecule has 42 heavy (non-hydrogen) atoms. The van der Waals surface area contributed by atoms with Crippen molar-refractivity contribution in [3.63, 3.8) is 0 Å². The van der Waals surface area contributed by atoms with Crippen molar-refractivity contribution in [2.45, 2.75) is 42.8 Å². The summed E-state index contributed by atoms with van der Waals surface area (Å²) in [7, 11) is 0. The third-order valence-electron chi connectivity index (χ3n) is 7.20. The third-order valence-corrected chi connectivity index (χ3v) is 9.76. The van der Waals surface area contributed by atoms with Gasteiger partial charge in [0.2, 0.25) is 0 Å². The number of nitrogens with zero attached hydrogens (tertiary/aromatic N) is 4. The van der Waals surface area contributed by atoms with Crippen molar-refractivity contribution in [3.05, 3.63) is 110 Å². The molecular formula is C32H29BrN4O3S2. The lowest BCUT2D eigenvalue weighted by atomic mass is 9.98. The summed E-state index contributed by atoms with van der Waals surface area (Å²) in [4.78, 5) is 33.0. The van der Waals surface area contributed by atoms with E-state index in [4.69, 9.17) is 14.8 Å². The lowest BCUT2D eigenvalue weighted by Crippen LogP contribution is -2.29. The second-order valence-electron chi connectivity index (χ2n) is 10.0. The van der Waals surface area contributed by atoms with Crippen LogP contribution in [0.2, 0.25) is 0 Å². The molecule has 6 rings (SSSR count). The van der Waals surface area contributed by atoms with Gasteiger partial charge in [0.25, 0.3) is 11.5 Å². The SMILES string of the molecule is CCOc1ccc(-n2c(SCC(=O)N3N=C(c4ccc(Br)cc4)CC3c3ccc(C)cc3)nc3c(c2=O)SCC3)cc1. The van der Waals surface area contributed by atoms with Gasteiger partial charge in [-0.25, -0.2) is 9.99 Å².